The molecule has 1 nitrogen and oxygen atoms in total. The van der Waals surface area contributed by atoms with Gasteiger partial charge in [-0.05, 0) is 24.6 Å². The van der Waals surface area contributed by atoms with Gasteiger partial charge in [0.05, 0.1) is 6.26 Å². The van der Waals surface area contributed by atoms with Gasteiger partial charge in [0.2, 0.25) is 0 Å². The lowest BCUT2D eigenvalue weighted by atomic mass is 10.1. The van der Waals surface area contributed by atoms with Crippen LogP contribution in [0.5, 0.6) is 0 Å². The first kappa shape index (κ1) is 11.2. The maximum absolute atomic E-state index is 13.0. The van der Waals surface area contributed by atoms with Gasteiger partial charge in [-0.25, -0.2) is 4.39 Å². The van der Waals surface area contributed by atoms with Gasteiger partial charge in [0.25, 0.3) is 0 Å². The second-order valence-corrected chi connectivity index (χ2v) is 4.20. The van der Waals surface area contributed by atoms with Crippen LogP contribution >= 0.6 is 0 Å². The van der Waals surface area contributed by atoms with E-state index in [4.69, 9.17) is 4.42 Å². The zero-order valence-electron chi connectivity index (χ0n) is 9.63. The molecule has 0 aliphatic rings. The molecule has 1 heterocycles. The van der Waals surface area contributed by atoms with Crippen LogP contribution in [0.25, 0.3) is 10.8 Å². The van der Waals surface area contributed by atoms with E-state index >= 15 is 0 Å². The van der Waals surface area contributed by atoms with Crippen molar-refractivity contribution in [3.05, 3.63) is 36.0 Å². The number of hydrogen-bond donors (Lipinski definition) is 0. The maximum Gasteiger partial charge on any atom is 0.123 e. The lowest BCUT2D eigenvalue weighted by molar-refractivity contribution is 0.500. The predicted molar refractivity (Wildman–Crippen MR) is 64.0 cm³/mol. The minimum Gasteiger partial charge on any atom is -0.468 e. The Morgan fingerprint density at radius 1 is 1.19 bits per heavy atom. The molecule has 2 rings (SSSR count). The molecule has 0 spiro atoms. The summed E-state index contributed by atoms with van der Waals surface area (Å²) in [4.78, 5) is 0. The fraction of sp³-hybridized carbons (Fsp3) is 0.429. The van der Waals surface area contributed by atoms with Crippen molar-refractivity contribution in [2.24, 2.45) is 0 Å². The van der Waals surface area contributed by atoms with E-state index in [-0.39, 0.29) is 5.82 Å². The molecule has 0 bridgehead atoms. The highest BCUT2D eigenvalue weighted by atomic mass is 19.1. The second kappa shape index (κ2) is 5.15. The highest BCUT2D eigenvalue weighted by Gasteiger charge is 2.06. The highest BCUT2D eigenvalue weighted by Crippen LogP contribution is 2.23. The summed E-state index contributed by atoms with van der Waals surface area (Å²) in [6, 6.07) is 4.82. The van der Waals surface area contributed by atoms with E-state index < -0.39 is 0 Å². The minimum atomic E-state index is -0.203. The summed E-state index contributed by atoms with van der Waals surface area (Å²) in [7, 11) is 0. The van der Waals surface area contributed by atoms with Gasteiger partial charge in [0, 0.05) is 17.2 Å². The van der Waals surface area contributed by atoms with Crippen LogP contribution in [0, 0.1) is 5.82 Å². The molecule has 2 aromatic rings. The molecule has 0 saturated heterocycles. The van der Waals surface area contributed by atoms with E-state index in [1.807, 2.05) is 6.07 Å². The summed E-state index contributed by atoms with van der Waals surface area (Å²) in [5.41, 5.74) is 0. The van der Waals surface area contributed by atoms with Crippen molar-refractivity contribution in [1.82, 2.24) is 0 Å². The Morgan fingerprint density at radius 2 is 2.06 bits per heavy atom. The Balaban J connectivity index is 2.07. The number of hydrogen-bond acceptors (Lipinski definition) is 1. The Bertz CT molecular complexity index is 459. The van der Waals surface area contributed by atoms with E-state index in [9.17, 15) is 4.39 Å². The molecule has 0 N–H and O–H groups in total. The van der Waals surface area contributed by atoms with Crippen molar-refractivity contribution >= 4 is 10.8 Å². The van der Waals surface area contributed by atoms with Gasteiger partial charge >= 0.3 is 0 Å². The lowest BCUT2D eigenvalue weighted by Crippen LogP contribution is -1.84. The molecule has 0 atom stereocenters. The normalized spacial score (nSPS) is 11.1. The number of aryl methyl sites for hydroxylation is 1. The molecule has 1 aromatic carbocycles. The number of fused-ring (bicyclic) bond motifs is 1. The predicted octanol–water partition coefficient (Wildman–Crippen LogP) is 4.69. The average Bonchev–Trinajstić information content (AvgIpc) is 2.67. The van der Waals surface area contributed by atoms with Gasteiger partial charge in [-0.2, -0.15) is 0 Å². The maximum atomic E-state index is 13.0. The number of benzene rings is 1. The van der Waals surface area contributed by atoms with E-state index in [0.717, 1.165) is 29.4 Å². The number of rotatable bonds is 5. The molecular weight excluding hydrogens is 203 g/mol. The Kier molecular flexibility index (Phi) is 3.60. The number of halogens is 1. The summed E-state index contributed by atoms with van der Waals surface area (Å²) < 4.78 is 18.4. The molecule has 0 saturated carbocycles. The first-order valence-electron chi connectivity index (χ1n) is 5.97. The van der Waals surface area contributed by atoms with E-state index in [1.54, 1.807) is 6.26 Å². The van der Waals surface area contributed by atoms with Crippen molar-refractivity contribution in [3.63, 3.8) is 0 Å². The Labute approximate surface area is 95.3 Å². The first-order valence-corrected chi connectivity index (χ1v) is 5.97. The van der Waals surface area contributed by atoms with Crippen molar-refractivity contribution in [3.8, 4) is 0 Å². The standard InChI is InChI=1S/C14H17FO/c1-2-3-4-5-6-14-13-8-7-12(15)9-11(13)10-16-14/h7-10H,2-6H2,1H3. The fourth-order valence-corrected chi connectivity index (χ4v) is 1.99. The van der Waals surface area contributed by atoms with E-state index in [0.29, 0.717) is 0 Å². The van der Waals surface area contributed by atoms with E-state index in [2.05, 4.69) is 6.92 Å². The van der Waals surface area contributed by atoms with Crippen LogP contribution in [0.4, 0.5) is 4.39 Å². The first-order chi connectivity index (χ1) is 7.81. The Hall–Kier alpha value is -1.31. The SMILES string of the molecule is CCCCCCc1occ2cc(F)ccc12. The van der Waals surface area contributed by atoms with Crippen molar-refractivity contribution < 1.29 is 8.81 Å². The lowest BCUT2D eigenvalue weighted by Gasteiger charge is -1.98. The second-order valence-electron chi connectivity index (χ2n) is 4.20. The van der Waals surface area contributed by atoms with Crippen LogP contribution in [0.15, 0.2) is 28.9 Å². The van der Waals surface area contributed by atoms with Crippen LogP contribution in [0.2, 0.25) is 0 Å². The van der Waals surface area contributed by atoms with Crippen LogP contribution in [0.1, 0.15) is 38.4 Å². The zero-order valence-corrected chi connectivity index (χ0v) is 9.63. The van der Waals surface area contributed by atoms with Gasteiger partial charge in [0.1, 0.15) is 11.6 Å². The van der Waals surface area contributed by atoms with Gasteiger partial charge in [-0.1, -0.05) is 26.2 Å². The number of furan rings is 1. The van der Waals surface area contributed by atoms with Crippen LogP contribution in [0.3, 0.4) is 0 Å². The van der Waals surface area contributed by atoms with Crippen LogP contribution < -0.4 is 0 Å². The summed E-state index contributed by atoms with van der Waals surface area (Å²) in [5.74, 6) is 0.789. The van der Waals surface area contributed by atoms with Gasteiger partial charge in [0.15, 0.2) is 0 Å². The molecular formula is C14H17FO. The summed E-state index contributed by atoms with van der Waals surface area (Å²) in [6.45, 7) is 2.20. The summed E-state index contributed by atoms with van der Waals surface area (Å²) >= 11 is 0. The van der Waals surface area contributed by atoms with Gasteiger partial charge in [-0.15, -0.1) is 0 Å². The molecule has 2 heteroatoms. The molecule has 0 aliphatic carbocycles. The quantitative estimate of drug-likeness (QED) is 0.666. The van der Waals surface area contributed by atoms with Crippen LogP contribution in [-0.2, 0) is 6.42 Å². The largest absolute Gasteiger partial charge is 0.468 e. The summed E-state index contributed by atoms with van der Waals surface area (Å²) in [5, 5.41) is 1.92. The highest BCUT2D eigenvalue weighted by molar-refractivity contribution is 5.84. The molecule has 86 valence electrons. The smallest absolute Gasteiger partial charge is 0.123 e. The molecule has 16 heavy (non-hydrogen) atoms. The molecule has 0 fully saturated rings. The topological polar surface area (TPSA) is 13.1 Å². The Morgan fingerprint density at radius 3 is 2.88 bits per heavy atom. The molecule has 0 amide bonds. The molecule has 0 aliphatic heterocycles. The monoisotopic (exact) mass is 220 g/mol. The minimum absolute atomic E-state index is 0.203. The average molecular weight is 220 g/mol. The van der Waals surface area contributed by atoms with E-state index in [1.165, 1.54) is 31.4 Å². The molecule has 0 radical (unpaired) electrons. The van der Waals surface area contributed by atoms with Crippen LogP contribution in [-0.4, -0.2) is 0 Å². The fourth-order valence-electron chi connectivity index (χ4n) is 1.99. The van der Waals surface area contributed by atoms with Crippen molar-refractivity contribution in [2.45, 2.75) is 39.0 Å². The third-order valence-electron chi connectivity index (χ3n) is 2.90. The van der Waals surface area contributed by atoms with Gasteiger partial charge in [-0.3, -0.25) is 0 Å². The third kappa shape index (κ3) is 2.43. The van der Waals surface area contributed by atoms with Crippen molar-refractivity contribution in [2.75, 3.05) is 0 Å². The third-order valence-corrected chi connectivity index (χ3v) is 2.90. The molecule has 1 aromatic heterocycles. The zero-order chi connectivity index (χ0) is 11.4. The molecule has 0 unspecified atom stereocenters. The van der Waals surface area contributed by atoms with Gasteiger partial charge < -0.3 is 4.42 Å². The van der Waals surface area contributed by atoms with Crippen molar-refractivity contribution in [1.29, 1.82) is 0 Å². The number of unbranched alkanes of at least 4 members (excludes halogenated alkanes) is 3. The summed E-state index contributed by atoms with van der Waals surface area (Å²) in [6.07, 6.45) is 7.49.